The summed E-state index contributed by atoms with van der Waals surface area (Å²) in [5.41, 5.74) is 1.30. The van der Waals surface area contributed by atoms with Gasteiger partial charge in [0.2, 0.25) is 5.91 Å². The molecule has 0 aliphatic heterocycles. The summed E-state index contributed by atoms with van der Waals surface area (Å²) in [5.74, 6) is 1.03. The molecule has 0 spiro atoms. The molecule has 0 unspecified atom stereocenters. The number of halogens is 1. The highest BCUT2D eigenvalue weighted by Gasteiger charge is 2.11. The minimum Gasteiger partial charge on any atom is -0.493 e. The van der Waals surface area contributed by atoms with Gasteiger partial charge in [-0.1, -0.05) is 18.5 Å². The topological polar surface area (TPSA) is 85.9 Å². The van der Waals surface area contributed by atoms with Crippen LogP contribution in [0.15, 0.2) is 42.5 Å². The predicted octanol–water partition coefficient (Wildman–Crippen LogP) is 4.30. The van der Waals surface area contributed by atoms with E-state index >= 15 is 0 Å². The number of carbonyl (C=O) groups is 2. The molecule has 0 aromatic heterocycles. The van der Waals surface area contributed by atoms with Crippen LogP contribution >= 0.6 is 11.6 Å². The normalized spacial score (nSPS) is 10.6. The van der Waals surface area contributed by atoms with Crippen LogP contribution in [0, 0.1) is 0 Å². The van der Waals surface area contributed by atoms with Crippen molar-refractivity contribution in [3.63, 3.8) is 0 Å². The second-order valence-electron chi connectivity index (χ2n) is 6.47. The molecule has 2 N–H and O–H groups in total. The van der Waals surface area contributed by atoms with Crippen LogP contribution in [-0.4, -0.2) is 38.7 Å². The summed E-state index contributed by atoms with van der Waals surface area (Å²) in [6.45, 7) is 4.87. The van der Waals surface area contributed by atoms with E-state index in [1.165, 1.54) is 13.2 Å². The number of likely N-dealkylation sites (N-methyl/N-ethyl adjacent to an activating group) is 1. The van der Waals surface area contributed by atoms with Crippen LogP contribution in [0.5, 0.6) is 17.2 Å². The maximum Gasteiger partial charge on any atom is 0.257 e. The van der Waals surface area contributed by atoms with E-state index < -0.39 is 0 Å². The summed E-state index contributed by atoms with van der Waals surface area (Å²) in [7, 11) is 1.54. The molecule has 0 bridgehead atoms. The molecule has 0 heterocycles. The largest absolute Gasteiger partial charge is 0.493 e. The van der Waals surface area contributed by atoms with Crippen LogP contribution in [0.3, 0.4) is 0 Å². The first-order chi connectivity index (χ1) is 15.0. The Kier molecular flexibility index (Phi) is 9.71. The molecule has 31 heavy (non-hydrogen) atoms. The number of nitrogens with one attached hydrogen (secondary N) is 2. The van der Waals surface area contributed by atoms with E-state index in [1.807, 2.05) is 13.8 Å². The van der Waals surface area contributed by atoms with Crippen LogP contribution in [-0.2, 0) is 9.59 Å². The number of amides is 2. The molecule has 2 rings (SSSR count). The van der Waals surface area contributed by atoms with Crippen molar-refractivity contribution in [2.75, 3.05) is 32.2 Å². The fraction of sp³-hybridized carbons (Fsp3) is 0.304. The summed E-state index contributed by atoms with van der Waals surface area (Å²) < 4.78 is 16.4. The lowest BCUT2D eigenvalue weighted by Crippen LogP contribution is -2.28. The number of hydrogen-bond donors (Lipinski definition) is 2. The van der Waals surface area contributed by atoms with Gasteiger partial charge in [0.15, 0.2) is 18.1 Å². The Morgan fingerprint density at radius 1 is 1.10 bits per heavy atom. The van der Waals surface area contributed by atoms with Gasteiger partial charge in [-0.3, -0.25) is 9.59 Å². The summed E-state index contributed by atoms with van der Waals surface area (Å²) >= 11 is 6.30. The van der Waals surface area contributed by atoms with E-state index in [0.29, 0.717) is 46.7 Å². The molecule has 0 fully saturated rings. The summed E-state index contributed by atoms with van der Waals surface area (Å²) in [5, 5.41) is 5.82. The molecular weight excluding hydrogens is 420 g/mol. The van der Waals surface area contributed by atoms with Crippen molar-refractivity contribution >= 4 is 35.2 Å². The number of anilines is 1. The monoisotopic (exact) mass is 446 g/mol. The van der Waals surface area contributed by atoms with E-state index in [0.717, 1.165) is 6.42 Å². The third-order valence-electron chi connectivity index (χ3n) is 4.00. The Morgan fingerprint density at radius 2 is 1.84 bits per heavy atom. The van der Waals surface area contributed by atoms with Crippen molar-refractivity contribution < 1.29 is 23.8 Å². The van der Waals surface area contributed by atoms with Crippen molar-refractivity contribution in [3.05, 3.63) is 53.1 Å². The third kappa shape index (κ3) is 7.86. The fourth-order valence-corrected chi connectivity index (χ4v) is 2.84. The van der Waals surface area contributed by atoms with Gasteiger partial charge in [-0.25, -0.2) is 0 Å². The Bertz CT molecular complexity index is 913. The molecule has 0 atom stereocenters. The molecule has 0 saturated heterocycles. The van der Waals surface area contributed by atoms with Gasteiger partial charge in [-0.15, -0.1) is 0 Å². The van der Waals surface area contributed by atoms with Crippen LogP contribution in [0.2, 0.25) is 5.02 Å². The van der Waals surface area contributed by atoms with E-state index in [9.17, 15) is 9.59 Å². The highest BCUT2D eigenvalue weighted by atomic mass is 35.5. The van der Waals surface area contributed by atoms with Crippen molar-refractivity contribution in [2.24, 2.45) is 0 Å². The summed E-state index contributed by atoms with van der Waals surface area (Å²) in [4.78, 5) is 23.7. The Balaban J connectivity index is 1.96. The lowest BCUT2D eigenvalue weighted by atomic mass is 10.2. The Hall–Kier alpha value is -3.19. The first-order valence-corrected chi connectivity index (χ1v) is 10.3. The summed E-state index contributed by atoms with van der Waals surface area (Å²) in [6, 6.07) is 10.2. The van der Waals surface area contributed by atoms with Crippen molar-refractivity contribution in [1.29, 1.82) is 0 Å². The molecule has 0 aliphatic rings. The van der Waals surface area contributed by atoms with E-state index in [4.69, 9.17) is 25.8 Å². The molecule has 7 nitrogen and oxygen atoms in total. The van der Waals surface area contributed by atoms with Gasteiger partial charge in [-0.2, -0.15) is 0 Å². The quantitative estimate of drug-likeness (QED) is 0.502. The average Bonchev–Trinajstić information content (AvgIpc) is 2.76. The lowest BCUT2D eigenvalue weighted by Gasteiger charge is -2.12. The number of ether oxygens (including phenoxy) is 3. The third-order valence-corrected chi connectivity index (χ3v) is 4.28. The molecule has 0 radical (unpaired) electrons. The van der Waals surface area contributed by atoms with Gasteiger partial charge in [0.25, 0.3) is 5.91 Å². The van der Waals surface area contributed by atoms with E-state index in [1.54, 1.807) is 42.5 Å². The van der Waals surface area contributed by atoms with Gasteiger partial charge in [0, 0.05) is 18.3 Å². The van der Waals surface area contributed by atoms with Gasteiger partial charge in [0.1, 0.15) is 5.75 Å². The molecule has 2 aromatic rings. The van der Waals surface area contributed by atoms with E-state index in [-0.39, 0.29) is 18.4 Å². The maximum atomic E-state index is 12.2. The van der Waals surface area contributed by atoms with Crippen LogP contribution in [0.1, 0.15) is 25.8 Å². The SMILES string of the molecule is CCCOc1c(Cl)cc(/C=C/C(=O)Nc2ccc(OCC(=O)NCC)cc2)cc1OC. The zero-order chi connectivity index (χ0) is 22.6. The zero-order valence-electron chi connectivity index (χ0n) is 17.9. The number of methoxy groups -OCH3 is 1. The molecule has 0 aliphatic carbocycles. The second kappa shape index (κ2) is 12.5. The number of benzene rings is 2. The van der Waals surface area contributed by atoms with Gasteiger partial charge in [0.05, 0.1) is 18.7 Å². The minimum atomic E-state index is -0.308. The summed E-state index contributed by atoms with van der Waals surface area (Å²) in [6.07, 6.45) is 3.89. The van der Waals surface area contributed by atoms with Gasteiger partial charge >= 0.3 is 0 Å². The van der Waals surface area contributed by atoms with Crippen LogP contribution < -0.4 is 24.8 Å². The van der Waals surface area contributed by atoms with Crippen LogP contribution in [0.25, 0.3) is 6.08 Å². The van der Waals surface area contributed by atoms with Gasteiger partial charge < -0.3 is 24.8 Å². The predicted molar refractivity (Wildman–Crippen MR) is 122 cm³/mol. The lowest BCUT2D eigenvalue weighted by molar-refractivity contribution is -0.123. The molecule has 166 valence electrons. The molecule has 2 amide bonds. The molecular formula is C23H27ClN2O5. The number of hydrogen-bond acceptors (Lipinski definition) is 5. The van der Waals surface area contributed by atoms with Gasteiger partial charge in [-0.05, 0) is 61.4 Å². The average molecular weight is 447 g/mol. The second-order valence-corrected chi connectivity index (χ2v) is 6.88. The Morgan fingerprint density at radius 3 is 2.48 bits per heavy atom. The molecule has 0 saturated carbocycles. The first-order valence-electron chi connectivity index (χ1n) is 9.95. The number of carbonyl (C=O) groups excluding carboxylic acids is 2. The smallest absolute Gasteiger partial charge is 0.257 e. The van der Waals surface area contributed by atoms with Crippen molar-refractivity contribution in [2.45, 2.75) is 20.3 Å². The molecule has 8 heteroatoms. The van der Waals surface area contributed by atoms with E-state index in [2.05, 4.69) is 10.6 Å². The highest BCUT2D eigenvalue weighted by Crippen LogP contribution is 2.36. The minimum absolute atomic E-state index is 0.0589. The first kappa shape index (κ1) is 24.1. The standard InChI is InChI=1S/C23H27ClN2O5/c1-4-12-30-23-19(24)13-16(14-20(23)29-3)6-11-21(27)26-17-7-9-18(10-8-17)31-15-22(28)25-5-2/h6-11,13-14H,4-5,12,15H2,1-3H3,(H,25,28)(H,26,27)/b11-6+. The molecule has 2 aromatic carbocycles. The number of rotatable bonds is 11. The zero-order valence-corrected chi connectivity index (χ0v) is 18.6. The maximum absolute atomic E-state index is 12.2. The van der Waals surface area contributed by atoms with Crippen molar-refractivity contribution in [1.82, 2.24) is 5.32 Å². The fourth-order valence-electron chi connectivity index (χ4n) is 2.57. The van der Waals surface area contributed by atoms with Crippen molar-refractivity contribution in [3.8, 4) is 17.2 Å². The highest BCUT2D eigenvalue weighted by molar-refractivity contribution is 6.32. The van der Waals surface area contributed by atoms with Crippen LogP contribution in [0.4, 0.5) is 5.69 Å². The Labute approximate surface area is 187 Å².